The number of nitrogens with one attached hydrogen (secondary N) is 2. The molecule has 0 atom stereocenters. The number of carboxylic acid groups (broad SMARTS) is 1. The molecule has 9 nitrogen and oxygen atoms in total. The van der Waals surface area contributed by atoms with Crippen LogP contribution in [0.4, 0.5) is 23.7 Å². The van der Waals surface area contributed by atoms with Crippen molar-refractivity contribution in [3.63, 3.8) is 0 Å². The molecule has 0 aromatic heterocycles. The van der Waals surface area contributed by atoms with Crippen molar-refractivity contribution in [1.82, 2.24) is 9.62 Å². The molecule has 13 heteroatoms. The van der Waals surface area contributed by atoms with E-state index in [0.717, 1.165) is 37.8 Å². The smallest absolute Gasteiger partial charge is 0.416 e. The summed E-state index contributed by atoms with van der Waals surface area (Å²) in [5.41, 5.74) is -2.57. The standard InChI is InChI=1S/C23H29F3N4O5S/c24-23(25,26)18-14-17(27-21(32)33)7-6-15(18)8-13-36(34,35)30-11-9-22(10-12-30)20(31)28-19(29-22)16-4-2-1-3-5-16/h6-7,14,16,27H,1-5,8-13H2,(H,32,33)(H,28,29,31). The quantitative estimate of drug-likeness (QED) is 0.518. The number of piperidine rings is 1. The highest BCUT2D eigenvalue weighted by Gasteiger charge is 2.48. The first kappa shape index (κ1) is 26.4. The van der Waals surface area contributed by atoms with E-state index in [4.69, 9.17) is 10.1 Å². The number of aliphatic imine (C=N–C) groups is 1. The molecule has 2 amide bonds. The van der Waals surface area contributed by atoms with Crippen LogP contribution < -0.4 is 10.6 Å². The molecule has 1 saturated carbocycles. The van der Waals surface area contributed by atoms with Gasteiger partial charge in [-0.25, -0.2) is 17.5 Å². The number of hydrogen-bond donors (Lipinski definition) is 3. The van der Waals surface area contributed by atoms with Gasteiger partial charge in [-0.1, -0.05) is 25.3 Å². The minimum Gasteiger partial charge on any atom is -0.465 e. The van der Waals surface area contributed by atoms with Gasteiger partial charge in [0.25, 0.3) is 5.91 Å². The van der Waals surface area contributed by atoms with Crippen molar-refractivity contribution in [2.75, 3.05) is 24.2 Å². The maximum Gasteiger partial charge on any atom is 0.416 e. The van der Waals surface area contributed by atoms with Crippen LogP contribution in [0.25, 0.3) is 0 Å². The van der Waals surface area contributed by atoms with Gasteiger partial charge < -0.3 is 10.4 Å². The molecular weight excluding hydrogens is 501 g/mol. The predicted molar refractivity (Wildman–Crippen MR) is 126 cm³/mol. The first-order valence-electron chi connectivity index (χ1n) is 12.0. The van der Waals surface area contributed by atoms with Gasteiger partial charge in [-0.3, -0.25) is 15.1 Å². The molecule has 1 aliphatic carbocycles. The van der Waals surface area contributed by atoms with Crippen molar-refractivity contribution in [2.24, 2.45) is 10.9 Å². The molecule has 0 bridgehead atoms. The Bertz CT molecular complexity index is 1150. The first-order valence-corrected chi connectivity index (χ1v) is 13.6. The monoisotopic (exact) mass is 530 g/mol. The number of carbonyl (C=O) groups excluding carboxylic acids is 1. The van der Waals surface area contributed by atoms with Gasteiger partial charge in [-0.15, -0.1) is 0 Å². The third-order valence-electron chi connectivity index (χ3n) is 7.23. The Labute approximate surface area is 207 Å². The van der Waals surface area contributed by atoms with Crippen molar-refractivity contribution in [3.05, 3.63) is 29.3 Å². The van der Waals surface area contributed by atoms with Crippen LogP contribution in [-0.4, -0.2) is 60.0 Å². The number of amidine groups is 1. The molecule has 1 aromatic carbocycles. The van der Waals surface area contributed by atoms with Crippen LogP contribution in [0.1, 0.15) is 56.1 Å². The van der Waals surface area contributed by atoms with Crippen LogP contribution in [-0.2, 0) is 27.4 Å². The van der Waals surface area contributed by atoms with Gasteiger partial charge >= 0.3 is 12.3 Å². The molecule has 3 N–H and O–H groups in total. The normalized spacial score (nSPS) is 21.3. The minimum absolute atomic E-state index is 0.0603. The maximum absolute atomic E-state index is 13.5. The summed E-state index contributed by atoms with van der Waals surface area (Å²) in [6.07, 6.45) is -0.939. The van der Waals surface area contributed by atoms with Crippen LogP contribution in [0.3, 0.4) is 0 Å². The maximum atomic E-state index is 13.5. The average Bonchev–Trinajstić information content (AvgIpc) is 3.13. The molecule has 0 radical (unpaired) electrons. The van der Waals surface area contributed by atoms with Crippen LogP contribution in [0, 0.1) is 5.92 Å². The molecule has 0 unspecified atom stereocenters. The second kappa shape index (κ2) is 10.0. The molecule has 2 heterocycles. The highest BCUT2D eigenvalue weighted by atomic mass is 32.2. The fraction of sp³-hybridized carbons (Fsp3) is 0.609. The largest absolute Gasteiger partial charge is 0.465 e. The van der Waals surface area contributed by atoms with Gasteiger partial charge in [-0.2, -0.15) is 13.2 Å². The zero-order valence-electron chi connectivity index (χ0n) is 19.6. The molecule has 4 rings (SSSR count). The molecule has 2 fully saturated rings. The van der Waals surface area contributed by atoms with Crippen molar-refractivity contribution in [2.45, 2.75) is 63.1 Å². The third-order valence-corrected chi connectivity index (χ3v) is 9.10. The van der Waals surface area contributed by atoms with E-state index >= 15 is 0 Å². The fourth-order valence-corrected chi connectivity index (χ4v) is 6.69. The molecule has 198 valence electrons. The number of anilines is 1. The number of alkyl halides is 3. The molecule has 1 spiro atoms. The lowest BCUT2D eigenvalue weighted by Gasteiger charge is -2.34. The van der Waals surface area contributed by atoms with Crippen LogP contribution in [0.5, 0.6) is 0 Å². The second-order valence-corrected chi connectivity index (χ2v) is 11.7. The number of carbonyl (C=O) groups is 2. The highest BCUT2D eigenvalue weighted by molar-refractivity contribution is 7.89. The number of amides is 2. The van der Waals surface area contributed by atoms with Gasteiger partial charge in [0.1, 0.15) is 11.4 Å². The SMILES string of the molecule is O=C(O)Nc1ccc(CCS(=O)(=O)N2CCC3(CC2)N=C(C2CCCCC2)NC3=O)c(C(F)(F)F)c1. The van der Waals surface area contributed by atoms with Crippen LogP contribution in [0.2, 0.25) is 0 Å². The number of rotatable bonds is 6. The van der Waals surface area contributed by atoms with Crippen molar-refractivity contribution in [3.8, 4) is 0 Å². The highest BCUT2D eigenvalue weighted by Crippen LogP contribution is 2.36. The Kier molecular flexibility index (Phi) is 7.33. The van der Waals surface area contributed by atoms with E-state index in [1.165, 1.54) is 10.7 Å². The van der Waals surface area contributed by atoms with Crippen molar-refractivity contribution >= 4 is 33.5 Å². The first-order chi connectivity index (χ1) is 16.9. The van der Waals surface area contributed by atoms with Gasteiger partial charge in [-0.05, 0) is 49.8 Å². The van der Waals surface area contributed by atoms with Gasteiger partial charge in [0.15, 0.2) is 0 Å². The Morgan fingerprint density at radius 1 is 1.19 bits per heavy atom. The number of halogens is 3. The lowest BCUT2D eigenvalue weighted by molar-refractivity contribution is -0.138. The van der Waals surface area contributed by atoms with Crippen molar-refractivity contribution < 1.29 is 36.3 Å². The minimum atomic E-state index is -4.78. The van der Waals surface area contributed by atoms with Crippen LogP contribution >= 0.6 is 0 Å². The van der Waals surface area contributed by atoms with E-state index in [9.17, 15) is 31.2 Å². The lowest BCUT2D eigenvalue weighted by Crippen LogP contribution is -2.51. The fourth-order valence-electron chi connectivity index (χ4n) is 5.21. The van der Waals surface area contributed by atoms with E-state index in [1.807, 2.05) is 5.32 Å². The van der Waals surface area contributed by atoms with E-state index in [-0.39, 0.29) is 49.0 Å². The summed E-state index contributed by atoms with van der Waals surface area (Å²) in [5.74, 6) is 0.183. The number of hydrogen-bond acceptors (Lipinski definition) is 5. The summed E-state index contributed by atoms with van der Waals surface area (Å²) in [4.78, 5) is 28.2. The molecule has 1 aromatic rings. The number of sulfonamides is 1. The summed E-state index contributed by atoms with van der Waals surface area (Å²) in [6.45, 7) is 0.121. The summed E-state index contributed by atoms with van der Waals surface area (Å²) in [7, 11) is -3.89. The number of nitrogens with zero attached hydrogens (tertiary/aromatic N) is 2. The summed E-state index contributed by atoms with van der Waals surface area (Å²) < 4.78 is 67.7. The molecular formula is C23H29F3N4O5S. The topological polar surface area (TPSA) is 128 Å². The van der Waals surface area contributed by atoms with Gasteiger partial charge in [0.05, 0.1) is 11.3 Å². The zero-order valence-corrected chi connectivity index (χ0v) is 20.4. The number of aryl methyl sites for hydroxylation is 1. The number of benzene rings is 1. The van der Waals surface area contributed by atoms with E-state index < -0.39 is 45.6 Å². The van der Waals surface area contributed by atoms with E-state index in [1.54, 1.807) is 0 Å². The van der Waals surface area contributed by atoms with E-state index in [2.05, 4.69) is 5.32 Å². The Morgan fingerprint density at radius 3 is 2.47 bits per heavy atom. The summed E-state index contributed by atoms with van der Waals surface area (Å²) >= 11 is 0. The van der Waals surface area contributed by atoms with Crippen molar-refractivity contribution in [1.29, 1.82) is 0 Å². The molecule has 3 aliphatic rings. The van der Waals surface area contributed by atoms with Gasteiger partial charge in [0.2, 0.25) is 10.0 Å². The summed E-state index contributed by atoms with van der Waals surface area (Å²) in [5, 5.41) is 13.5. The predicted octanol–water partition coefficient (Wildman–Crippen LogP) is 3.61. The van der Waals surface area contributed by atoms with Gasteiger partial charge in [0, 0.05) is 24.7 Å². The summed E-state index contributed by atoms with van der Waals surface area (Å²) in [6, 6.07) is 2.90. The van der Waals surface area contributed by atoms with Crippen LogP contribution in [0.15, 0.2) is 23.2 Å². The average molecular weight is 531 g/mol. The molecule has 36 heavy (non-hydrogen) atoms. The molecule has 1 saturated heterocycles. The van der Waals surface area contributed by atoms with E-state index in [0.29, 0.717) is 11.9 Å². The molecule has 2 aliphatic heterocycles. The lowest BCUT2D eigenvalue weighted by atomic mass is 9.88. The Balaban J connectivity index is 1.41. The zero-order chi connectivity index (χ0) is 26.1. The third kappa shape index (κ3) is 5.66. The Hall–Kier alpha value is -2.67. The Morgan fingerprint density at radius 2 is 1.86 bits per heavy atom. The second-order valence-electron chi connectivity index (χ2n) is 9.58.